The van der Waals surface area contributed by atoms with Gasteiger partial charge in [0.15, 0.2) is 12.1 Å². The normalized spacial score (nSPS) is 42.8. The third-order valence-electron chi connectivity index (χ3n) is 6.53. The lowest BCUT2D eigenvalue weighted by atomic mass is 9.82. The molecule has 0 radical (unpaired) electrons. The number of allylic oxidation sites excluding steroid dienone is 1. The first-order valence-electron chi connectivity index (χ1n) is 10.1. The average Bonchev–Trinajstić information content (AvgIpc) is 3.17. The van der Waals surface area contributed by atoms with Crippen LogP contribution in [-0.4, -0.2) is 93.4 Å². The second kappa shape index (κ2) is 8.21. The summed E-state index contributed by atoms with van der Waals surface area (Å²) in [5.74, 6) is -2.23. The highest BCUT2D eigenvalue weighted by molar-refractivity contribution is 6.09. The van der Waals surface area contributed by atoms with Crippen molar-refractivity contribution in [3.05, 3.63) is 34.9 Å². The zero-order valence-corrected chi connectivity index (χ0v) is 16.9. The van der Waals surface area contributed by atoms with Crippen LogP contribution >= 0.6 is 0 Å². The smallest absolute Gasteiger partial charge is 0.334 e. The molecule has 2 saturated heterocycles. The van der Waals surface area contributed by atoms with Crippen LogP contribution in [0.15, 0.2) is 34.9 Å². The van der Waals surface area contributed by atoms with E-state index in [0.717, 1.165) is 0 Å². The number of aliphatic hydroxyl groups excluding tert-OH is 5. The first-order valence-corrected chi connectivity index (χ1v) is 10.1. The number of hydrogen-bond acceptors (Lipinski definition) is 10. The maximum Gasteiger partial charge on any atom is 0.334 e. The zero-order valence-electron chi connectivity index (χ0n) is 16.9. The van der Waals surface area contributed by atoms with Gasteiger partial charge in [-0.15, -0.1) is 0 Å². The summed E-state index contributed by atoms with van der Waals surface area (Å²) in [4.78, 5) is 24.9. The molecular formula is C21H26O10. The summed E-state index contributed by atoms with van der Waals surface area (Å²) in [5, 5.41) is 49.9. The van der Waals surface area contributed by atoms with Crippen molar-refractivity contribution in [3.63, 3.8) is 0 Å². The molecule has 2 heterocycles. The van der Waals surface area contributed by atoms with E-state index in [1.807, 2.05) is 0 Å². The van der Waals surface area contributed by atoms with Gasteiger partial charge >= 0.3 is 5.97 Å². The quantitative estimate of drug-likeness (QED) is 0.248. The average molecular weight is 438 g/mol. The van der Waals surface area contributed by atoms with E-state index < -0.39 is 67.3 Å². The molecule has 0 aromatic heterocycles. The van der Waals surface area contributed by atoms with E-state index in [2.05, 4.69) is 6.58 Å². The van der Waals surface area contributed by atoms with Gasteiger partial charge in [-0.1, -0.05) is 12.2 Å². The summed E-state index contributed by atoms with van der Waals surface area (Å²) in [6.45, 7) is 4.67. The van der Waals surface area contributed by atoms with Crippen LogP contribution in [-0.2, 0) is 23.8 Å². The van der Waals surface area contributed by atoms with Gasteiger partial charge in [-0.3, -0.25) is 4.79 Å². The number of carbonyl (C=O) groups is 2. The molecule has 10 heteroatoms. The maximum atomic E-state index is 12.7. The number of ether oxygens (including phenoxy) is 3. The van der Waals surface area contributed by atoms with Crippen LogP contribution in [0.3, 0.4) is 0 Å². The van der Waals surface area contributed by atoms with Gasteiger partial charge in [0, 0.05) is 17.1 Å². The van der Waals surface area contributed by atoms with E-state index in [1.165, 1.54) is 6.08 Å². The van der Waals surface area contributed by atoms with Crippen LogP contribution in [0.25, 0.3) is 0 Å². The monoisotopic (exact) mass is 438 g/mol. The third-order valence-corrected chi connectivity index (χ3v) is 6.53. The summed E-state index contributed by atoms with van der Waals surface area (Å²) < 4.78 is 16.4. The fourth-order valence-corrected chi connectivity index (χ4v) is 4.92. The van der Waals surface area contributed by atoms with Gasteiger partial charge in [0.2, 0.25) is 0 Å². The van der Waals surface area contributed by atoms with Crippen LogP contribution in [0.2, 0.25) is 0 Å². The third kappa shape index (κ3) is 3.58. The number of ketones is 1. The van der Waals surface area contributed by atoms with Crippen molar-refractivity contribution in [2.45, 2.75) is 56.3 Å². The second-order valence-corrected chi connectivity index (χ2v) is 8.46. The maximum absolute atomic E-state index is 12.7. The van der Waals surface area contributed by atoms with Gasteiger partial charge in [-0.05, 0) is 25.0 Å². The SMILES string of the molecule is C=C1C(=O)O[C@@H]2[C@H]3C(CO[C@H]4O[C@@H](CO)[C@H](O)[C@@H](O)[C@@H]4O)=CC(=O)C3=C(C)C[C@H](O)[C@@H]12. The number of rotatable bonds is 4. The van der Waals surface area contributed by atoms with Crippen molar-refractivity contribution >= 4 is 11.8 Å². The number of aliphatic hydroxyl groups is 5. The van der Waals surface area contributed by atoms with Gasteiger partial charge in [0.25, 0.3) is 0 Å². The molecule has 31 heavy (non-hydrogen) atoms. The summed E-state index contributed by atoms with van der Waals surface area (Å²) in [6, 6.07) is 0. The van der Waals surface area contributed by atoms with Crippen molar-refractivity contribution in [2.24, 2.45) is 11.8 Å². The molecule has 5 N–H and O–H groups in total. The predicted molar refractivity (Wildman–Crippen MR) is 102 cm³/mol. The van der Waals surface area contributed by atoms with Crippen molar-refractivity contribution in [1.82, 2.24) is 0 Å². The standard InChI is InChI=1S/C21H26O10/c1-7-3-10(23)14-8(2)20(28)31-19(14)15-9(4-11(24)13(7)15)6-29-21-18(27)17(26)16(25)12(5-22)30-21/h4,10,12,14-19,21-23,25-27H,2-3,5-6H2,1H3/t10-,12-,14+,15-,16-,17+,18-,19-,21-/m0/s1. The molecule has 0 bridgehead atoms. The molecule has 2 aliphatic carbocycles. The van der Waals surface area contributed by atoms with Crippen LogP contribution in [0.4, 0.5) is 0 Å². The molecule has 0 spiro atoms. The van der Waals surface area contributed by atoms with Gasteiger partial charge < -0.3 is 39.7 Å². The number of hydrogen-bond donors (Lipinski definition) is 5. The summed E-state index contributed by atoms with van der Waals surface area (Å²) in [6.07, 6.45) is -7.37. The Morgan fingerprint density at radius 2 is 1.87 bits per heavy atom. The molecule has 0 aromatic carbocycles. The van der Waals surface area contributed by atoms with Crippen LogP contribution in [0.1, 0.15) is 13.3 Å². The lowest BCUT2D eigenvalue weighted by Crippen LogP contribution is -2.59. The minimum Gasteiger partial charge on any atom is -0.457 e. The fraction of sp³-hybridized carbons (Fsp3) is 0.619. The van der Waals surface area contributed by atoms with E-state index in [9.17, 15) is 35.1 Å². The highest BCUT2D eigenvalue weighted by atomic mass is 16.7. The molecule has 4 rings (SSSR count). The zero-order chi connectivity index (χ0) is 22.6. The fourth-order valence-electron chi connectivity index (χ4n) is 4.92. The van der Waals surface area contributed by atoms with E-state index in [4.69, 9.17) is 14.2 Å². The van der Waals surface area contributed by atoms with Crippen molar-refractivity contribution < 1.29 is 49.3 Å². The van der Waals surface area contributed by atoms with Gasteiger partial charge in [0.05, 0.1) is 25.2 Å². The molecule has 2 fully saturated rings. The summed E-state index contributed by atoms with van der Waals surface area (Å²) >= 11 is 0. The van der Waals surface area contributed by atoms with Crippen molar-refractivity contribution in [3.8, 4) is 0 Å². The Morgan fingerprint density at radius 1 is 1.16 bits per heavy atom. The molecule has 4 aliphatic rings. The Labute approximate surface area is 178 Å². The molecule has 9 atom stereocenters. The van der Waals surface area contributed by atoms with Crippen LogP contribution < -0.4 is 0 Å². The van der Waals surface area contributed by atoms with Crippen LogP contribution in [0.5, 0.6) is 0 Å². The first-order chi connectivity index (χ1) is 14.6. The Morgan fingerprint density at radius 3 is 2.55 bits per heavy atom. The van der Waals surface area contributed by atoms with Crippen molar-refractivity contribution in [2.75, 3.05) is 13.2 Å². The summed E-state index contributed by atoms with van der Waals surface area (Å²) in [5.41, 5.74) is 1.73. The minimum atomic E-state index is -1.59. The first kappa shape index (κ1) is 22.3. The van der Waals surface area contributed by atoms with Gasteiger partial charge in [-0.25, -0.2) is 4.79 Å². The Hall–Kier alpha value is -1.92. The number of carbonyl (C=O) groups excluding carboxylic acids is 2. The molecule has 2 aliphatic heterocycles. The number of fused-ring (bicyclic) bond motifs is 3. The van der Waals surface area contributed by atoms with Gasteiger partial charge in [-0.2, -0.15) is 0 Å². The molecule has 10 nitrogen and oxygen atoms in total. The Balaban J connectivity index is 1.57. The van der Waals surface area contributed by atoms with E-state index in [1.54, 1.807) is 6.92 Å². The predicted octanol–water partition coefficient (Wildman–Crippen LogP) is -1.89. The van der Waals surface area contributed by atoms with E-state index in [-0.39, 0.29) is 24.4 Å². The summed E-state index contributed by atoms with van der Waals surface area (Å²) in [7, 11) is 0. The Kier molecular flexibility index (Phi) is 5.90. The highest BCUT2D eigenvalue weighted by Gasteiger charge is 2.53. The molecule has 170 valence electrons. The van der Waals surface area contributed by atoms with E-state index in [0.29, 0.717) is 16.7 Å². The van der Waals surface area contributed by atoms with Gasteiger partial charge in [0.1, 0.15) is 30.5 Å². The molecule has 0 saturated carbocycles. The lowest BCUT2D eigenvalue weighted by Gasteiger charge is -2.39. The Bertz CT molecular complexity index is 858. The van der Waals surface area contributed by atoms with Crippen LogP contribution in [0, 0.1) is 11.8 Å². The second-order valence-electron chi connectivity index (χ2n) is 8.46. The van der Waals surface area contributed by atoms with Crippen molar-refractivity contribution in [1.29, 1.82) is 0 Å². The van der Waals surface area contributed by atoms with E-state index >= 15 is 0 Å². The highest BCUT2D eigenvalue weighted by Crippen LogP contribution is 2.47. The lowest BCUT2D eigenvalue weighted by molar-refractivity contribution is -0.299. The molecular weight excluding hydrogens is 412 g/mol. The molecule has 0 aromatic rings. The minimum absolute atomic E-state index is 0.153. The number of esters is 1. The molecule has 0 amide bonds. The largest absolute Gasteiger partial charge is 0.457 e. The topological polar surface area (TPSA) is 163 Å². The molecule has 0 unspecified atom stereocenters.